The van der Waals surface area contributed by atoms with E-state index < -0.39 is 27.8 Å². The number of halogens is 3. The molecular formula is C27H33Cl2FN2O3S. The van der Waals surface area contributed by atoms with Crippen LogP contribution in [0.4, 0.5) is 10.1 Å². The average Bonchev–Trinajstić information content (AvgIpc) is 2.79. The van der Waals surface area contributed by atoms with Gasteiger partial charge in [0.05, 0.1) is 10.6 Å². The molecule has 0 radical (unpaired) electrons. The van der Waals surface area contributed by atoms with Crippen LogP contribution in [0.1, 0.15) is 52.9 Å². The third kappa shape index (κ3) is 5.11. The van der Waals surface area contributed by atoms with Gasteiger partial charge in [-0.05, 0) is 111 Å². The fourth-order valence-electron chi connectivity index (χ4n) is 6.96. The second kappa shape index (κ2) is 10.1. The molecule has 1 N–H and O–H groups in total. The highest BCUT2D eigenvalue weighted by molar-refractivity contribution is 7.93. The third-order valence-corrected chi connectivity index (χ3v) is 10.4. The summed E-state index contributed by atoms with van der Waals surface area (Å²) in [5, 5.41) is 3.57. The molecule has 0 spiro atoms. The van der Waals surface area contributed by atoms with Crippen molar-refractivity contribution in [1.29, 1.82) is 0 Å². The fourth-order valence-corrected chi connectivity index (χ4v) is 8.87. The van der Waals surface area contributed by atoms with E-state index in [1.165, 1.54) is 62.6 Å². The Morgan fingerprint density at radius 3 is 2.11 bits per heavy atom. The number of sulfonamides is 1. The lowest BCUT2D eigenvalue weighted by Gasteiger charge is -2.57. The van der Waals surface area contributed by atoms with Crippen molar-refractivity contribution in [2.24, 2.45) is 23.2 Å². The minimum absolute atomic E-state index is 0. The molecule has 2 aromatic rings. The van der Waals surface area contributed by atoms with Gasteiger partial charge in [0, 0.05) is 16.6 Å². The highest BCUT2D eigenvalue weighted by atomic mass is 35.5. The van der Waals surface area contributed by atoms with Crippen molar-refractivity contribution in [2.45, 2.75) is 63.8 Å². The van der Waals surface area contributed by atoms with Gasteiger partial charge in [-0.1, -0.05) is 30.6 Å². The average molecular weight is 556 g/mol. The zero-order valence-electron chi connectivity index (χ0n) is 19.5. The van der Waals surface area contributed by atoms with Crippen molar-refractivity contribution < 1.29 is 17.6 Å². The van der Waals surface area contributed by atoms with E-state index in [2.05, 4.69) is 5.32 Å². The topological polar surface area (TPSA) is 66.5 Å². The maximum atomic E-state index is 14.9. The molecule has 4 bridgehead atoms. The quantitative estimate of drug-likeness (QED) is 0.414. The van der Waals surface area contributed by atoms with E-state index in [-0.39, 0.29) is 28.4 Å². The predicted octanol–water partition coefficient (Wildman–Crippen LogP) is 6.69. The summed E-state index contributed by atoms with van der Waals surface area (Å²) in [6, 6.07) is 8.04. The minimum Gasteiger partial charge on any atom is -0.354 e. The Kier molecular flexibility index (Phi) is 7.67. The summed E-state index contributed by atoms with van der Waals surface area (Å²) in [4.78, 5) is 13.3. The molecule has 9 heteroatoms. The smallest absolute Gasteiger partial charge is 0.265 e. The van der Waals surface area contributed by atoms with Gasteiger partial charge >= 0.3 is 0 Å². The van der Waals surface area contributed by atoms with Crippen molar-refractivity contribution in [2.75, 3.05) is 10.8 Å². The highest BCUT2D eigenvalue weighted by Crippen LogP contribution is 2.59. The number of hydrogen-bond donors (Lipinski definition) is 1. The maximum absolute atomic E-state index is 14.9. The van der Waals surface area contributed by atoms with E-state index in [9.17, 15) is 17.6 Å². The summed E-state index contributed by atoms with van der Waals surface area (Å²) in [5.41, 5.74) is -0.185. The number of nitrogens with zero attached hydrogens (tertiary/aromatic N) is 1. The first-order valence-electron chi connectivity index (χ1n) is 12.1. The first-order chi connectivity index (χ1) is 16.6. The van der Waals surface area contributed by atoms with Gasteiger partial charge in [-0.25, -0.2) is 12.8 Å². The van der Waals surface area contributed by atoms with E-state index >= 15 is 0 Å². The molecule has 4 aliphatic rings. The van der Waals surface area contributed by atoms with E-state index in [4.69, 9.17) is 23.2 Å². The van der Waals surface area contributed by atoms with Crippen molar-refractivity contribution in [3.8, 4) is 0 Å². The van der Waals surface area contributed by atoms with Crippen molar-refractivity contribution in [1.82, 2.24) is 5.32 Å². The lowest BCUT2D eigenvalue weighted by Crippen LogP contribution is -2.54. The van der Waals surface area contributed by atoms with Crippen LogP contribution in [-0.4, -0.2) is 26.9 Å². The van der Waals surface area contributed by atoms with E-state index in [1.807, 2.05) is 0 Å². The second-order valence-corrected chi connectivity index (χ2v) is 13.3. The highest BCUT2D eigenvalue weighted by Gasteiger charge is 2.51. The van der Waals surface area contributed by atoms with Gasteiger partial charge in [-0.15, -0.1) is 0 Å². The van der Waals surface area contributed by atoms with Crippen LogP contribution in [-0.2, 0) is 14.8 Å². The first kappa shape index (κ1) is 27.2. The SMILES string of the molecule is C.C[C@H](C(=O)NCC12CC3CC(CC(C3)C1)C2)N(c1cc(Cl)ccc1F)S(=O)(=O)c1ccc(Cl)cc1. The van der Waals surface area contributed by atoms with Crippen molar-refractivity contribution in [3.05, 3.63) is 58.3 Å². The van der Waals surface area contributed by atoms with Crippen molar-refractivity contribution >= 4 is 44.8 Å². The number of carbonyl (C=O) groups is 1. The molecule has 36 heavy (non-hydrogen) atoms. The zero-order chi connectivity index (χ0) is 25.0. The van der Waals surface area contributed by atoms with Crippen LogP contribution in [0.15, 0.2) is 47.4 Å². The Hall–Kier alpha value is -1.83. The fraction of sp³-hybridized carbons (Fsp3) is 0.519. The summed E-state index contributed by atoms with van der Waals surface area (Å²) in [6.45, 7) is 2.00. The van der Waals surface area contributed by atoms with E-state index in [0.29, 0.717) is 11.6 Å². The van der Waals surface area contributed by atoms with Crippen molar-refractivity contribution in [3.63, 3.8) is 0 Å². The molecule has 196 valence electrons. The molecule has 0 aromatic heterocycles. The Bertz CT molecular complexity index is 1200. The summed E-state index contributed by atoms with van der Waals surface area (Å²) in [6.07, 6.45) is 7.23. The molecule has 0 heterocycles. The normalized spacial score (nSPS) is 27.3. The van der Waals surface area contributed by atoms with Crippen LogP contribution < -0.4 is 9.62 Å². The van der Waals surface area contributed by atoms with Crippen LogP contribution >= 0.6 is 23.2 Å². The lowest BCUT2D eigenvalue weighted by atomic mass is 9.49. The van der Waals surface area contributed by atoms with E-state index in [0.717, 1.165) is 47.4 Å². The predicted molar refractivity (Wildman–Crippen MR) is 142 cm³/mol. The molecule has 0 saturated heterocycles. The molecule has 2 aromatic carbocycles. The third-order valence-electron chi connectivity index (χ3n) is 8.05. The van der Waals surface area contributed by atoms with Crippen LogP contribution in [0, 0.1) is 29.0 Å². The van der Waals surface area contributed by atoms with Crippen LogP contribution in [0.25, 0.3) is 0 Å². The Labute approximate surface area is 223 Å². The van der Waals surface area contributed by atoms with Gasteiger partial charge in [-0.2, -0.15) is 0 Å². The van der Waals surface area contributed by atoms with Gasteiger partial charge in [-0.3, -0.25) is 9.10 Å². The molecule has 4 saturated carbocycles. The molecule has 6 rings (SSSR count). The monoisotopic (exact) mass is 554 g/mol. The summed E-state index contributed by atoms with van der Waals surface area (Å²) < 4.78 is 43.1. The number of hydrogen-bond acceptors (Lipinski definition) is 3. The van der Waals surface area contributed by atoms with Gasteiger partial charge in [0.2, 0.25) is 5.91 Å². The summed E-state index contributed by atoms with van der Waals surface area (Å²) >= 11 is 12.0. The van der Waals surface area contributed by atoms with Gasteiger partial charge in [0.1, 0.15) is 11.9 Å². The largest absolute Gasteiger partial charge is 0.354 e. The number of nitrogens with one attached hydrogen (secondary N) is 1. The first-order valence-corrected chi connectivity index (χ1v) is 14.3. The Balaban J connectivity index is 0.00000304. The van der Waals surface area contributed by atoms with Crippen LogP contribution in [0.2, 0.25) is 10.0 Å². The van der Waals surface area contributed by atoms with Crippen LogP contribution in [0.5, 0.6) is 0 Å². The summed E-state index contributed by atoms with van der Waals surface area (Å²) in [7, 11) is -4.30. The molecule has 1 atom stereocenters. The van der Waals surface area contributed by atoms with Gasteiger partial charge in [0.25, 0.3) is 10.0 Å². The Morgan fingerprint density at radius 1 is 1.03 bits per heavy atom. The number of anilines is 1. The minimum atomic E-state index is -4.30. The summed E-state index contributed by atoms with van der Waals surface area (Å²) in [5.74, 6) is 0.957. The molecule has 0 unspecified atom stereocenters. The van der Waals surface area contributed by atoms with Crippen LogP contribution in [0.3, 0.4) is 0 Å². The zero-order valence-corrected chi connectivity index (χ0v) is 21.8. The second-order valence-electron chi connectivity index (χ2n) is 10.7. The standard InChI is InChI=1S/C26H29Cl2FN2O3S.CH4/c1-16(25(32)30-15-26-12-17-8-18(13-26)10-19(9-17)14-26)31(24-11-21(28)4-7-23(24)29)35(33,34)22-5-2-20(27)3-6-22;/h2-7,11,16-19H,8-10,12-15H2,1H3,(H,30,32);1H4/t16-,17?,18?,19?,26?;/m1./s1. The number of carbonyl (C=O) groups excluding carboxylic acids is 1. The van der Waals surface area contributed by atoms with Gasteiger partial charge in [0.15, 0.2) is 0 Å². The molecule has 4 fully saturated rings. The lowest BCUT2D eigenvalue weighted by molar-refractivity contribution is -0.124. The number of benzene rings is 2. The number of rotatable bonds is 7. The number of amides is 1. The Morgan fingerprint density at radius 2 is 1.56 bits per heavy atom. The van der Waals surface area contributed by atoms with Gasteiger partial charge < -0.3 is 5.32 Å². The van der Waals surface area contributed by atoms with E-state index in [1.54, 1.807) is 0 Å². The molecular weight excluding hydrogens is 522 g/mol. The molecule has 4 aliphatic carbocycles. The molecule has 1 amide bonds. The molecule has 0 aliphatic heterocycles. The maximum Gasteiger partial charge on any atom is 0.265 e. The molecule has 5 nitrogen and oxygen atoms in total.